The Morgan fingerprint density at radius 3 is 2.02 bits per heavy atom. The number of halogens is 2. The molecule has 2 heterocycles. The maximum Gasteiger partial charge on any atom is 0.251 e. The normalized spacial score (nSPS) is 20.9. The molecule has 3 aliphatic rings. The molecule has 16 nitrogen and oxygen atoms in total. The van der Waals surface area contributed by atoms with Gasteiger partial charge in [0.2, 0.25) is 29.5 Å². The van der Waals surface area contributed by atoms with Crippen molar-refractivity contribution in [1.29, 1.82) is 0 Å². The van der Waals surface area contributed by atoms with E-state index < -0.39 is 59.4 Å². The van der Waals surface area contributed by atoms with Crippen LogP contribution in [0.3, 0.4) is 0 Å². The van der Waals surface area contributed by atoms with Crippen molar-refractivity contribution in [3.05, 3.63) is 70.8 Å². The number of hydrogen-bond donors (Lipinski definition) is 7. The Hall–Kier alpha value is -4.77. The van der Waals surface area contributed by atoms with E-state index in [4.69, 9.17) is 0 Å². The Bertz CT molecular complexity index is 2030. The first-order valence-corrected chi connectivity index (χ1v) is 23.0. The molecule has 0 unspecified atom stereocenters. The van der Waals surface area contributed by atoms with E-state index in [1.165, 1.54) is 16.5 Å². The van der Waals surface area contributed by atoms with Crippen LogP contribution in [0.15, 0.2) is 48.5 Å². The zero-order valence-electron chi connectivity index (χ0n) is 40.0. The van der Waals surface area contributed by atoms with Crippen molar-refractivity contribution in [1.82, 2.24) is 47.0 Å². The van der Waals surface area contributed by atoms with Crippen molar-refractivity contribution < 1.29 is 33.6 Å². The van der Waals surface area contributed by atoms with Crippen molar-refractivity contribution in [2.75, 3.05) is 33.7 Å². The van der Waals surface area contributed by atoms with E-state index in [9.17, 15) is 33.6 Å². The summed E-state index contributed by atoms with van der Waals surface area (Å²) in [6.45, 7) is 13.8. The Morgan fingerprint density at radius 2 is 1.41 bits per heavy atom. The molecule has 5 rings (SSSR count). The third-order valence-corrected chi connectivity index (χ3v) is 12.8. The van der Waals surface area contributed by atoms with Crippen LogP contribution in [-0.2, 0) is 30.4 Å². The average molecular weight is 959 g/mol. The molecule has 366 valence electrons. The lowest BCUT2D eigenvalue weighted by atomic mass is 9.85. The minimum Gasteiger partial charge on any atom is -0.347 e. The summed E-state index contributed by atoms with van der Waals surface area (Å²) in [5, 5.41) is 21.0. The lowest BCUT2D eigenvalue weighted by molar-refractivity contribution is -0.142. The molecular weight excluding hydrogens is 885 g/mol. The largest absolute Gasteiger partial charge is 0.347 e. The fourth-order valence-electron chi connectivity index (χ4n) is 8.89. The van der Waals surface area contributed by atoms with Crippen LogP contribution in [0.1, 0.15) is 125 Å². The van der Waals surface area contributed by atoms with Crippen molar-refractivity contribution in [2.24, 2.45) is 11.3 Å². The molecule has 0 aromatic heterocycles. The summed E-state index contributed by atoms with van der Waals surface area (Å²) in [6, 6.07) is 9.63. The van der Waals surface area contributed by atoms with Gasteiger partial charge in [0.25, 0.3) is 11.8 Å². The molecule has 66 heavy (non-hydrogen) atoms. The number of amides is 7. The minimum atomic E-state index is -0.914. The van der Waals surface area contributed by atoms with E-state index in [2.05, 4.69) is 43.3 Å². The number of fused-ring (bicyclic) bond motifs is 1. The third-order valence-electron chi connectivity index (χ3n) is 12.8. The SMILES string of the molecule is CCC[C@H](NC)C(=O)N[C@H](C(=O)N1CC[C@H](NC(=O)c2cccc(C(=O)N[C@H]3C[C@@H](C(=O)N[C@@H]4CCCc5ccccc54)N(C(=O)[C@@H](NC(=O)[C@H](C)NC)C(C)C)C3)c2)C1)C(C)(C)C.Cl.Cl. The molecule has 2 fully saturated rings. The molecule has 2 aromatic rings. The molecule has 2 saturated heterocycles. The van der Waals surface area contributed by atoms with Crippen molar-refractivity contribution in [3.63, 3.8) is 0 Å². The summed E-state index contributed by atoms with van der Waals surface area (Å²) in [7, 11) is 3.39. The first-order chi connectivity index (χ1) is 30.4. The second kappa shape index (κ2) is 24.8. The van der Waals surface area contributed by atoms with Crippen LogP contribution >= 0.6 is 24.8 Å². The van der Waals surface area contributed by atoms with Gasteiger partial charge in [-0.1, -0.05) is 78.3 Å². The standard InChI is InChI=1S/C48H71N9O7.2ClH/c1-10-15-37(50-9)44(61)55-40(48(5,6)7)47(64)56-23-22-33(26-56)51-42(59)31-18-13-19-32(24-31)43(60)52-34-25-38(45(62)53-36-21-14-17-30-16-11-12-20-35(30)36)57(27-34)46(63)39(28(2)3)54-41(58)29(4)49-8;;/h11-13,16,18-20,24,28-29,33-34,36-40,49-50H,10,14-15,17,21-23,25-27H2,1-9H3,(H,51,59)(H,52,60)(H,53,62)(H,54,58)(H,55,61);2*1H/t29-,33-,34-,36+,37-,38-,39-,40+;;/m0../s1. The lowest BCUT2D eigenvalue weighted by Gasteiger charge is -2.34. The summed E-state index contributed by atoms with van der Waals surface area (Å²) in [5.74, 6) is -2.69. The van der Waals surface area contributed by atoms with E-state index >= 15 is 0 Å². The van der Waals surface area contributed by atoms with E-state index in [1.54, 1.807) is 44.1 Å². The summed E-state index contributed by atoms with van der Waals surface area (Å²) in [4.78, 5) is 99.1. The van der Waals surface area contributed by atoms with Gasteiger partial charge in [0.05, 0.1) is 18.1 Å². The van der Waals surface area contributed by atoms with E-state index in [0.717, 1.165) is 31.2 Å². The number of hydrogen-bond acceptors (Lipinski definition) is 9. The summed E-state index contributed by atoms with van der Waals surface area (Å²) in [5.41, 5.74) is 2.16. The van der Waals surface area contributed by atoms with Gasteiger partial charge in [-0.05, 0) is 100 Å². The number of benzene rings is 2. The van der Waals surface area contributed by atoms with Gasteiger partial charge in [0.15, 0.2) is 0 Å². The van der Waals surface area contributed by atoms with Crippen LogP contribution in [0, 0.1) is 11.3 Å². The Kier molecular flexibility index (Phi) is 20.9. The summed E-state index contributed by atoms with van der Waals surface area (Å²) in [6.07, 6.45) is 4.71. The lowest BCUT2D eigenvalue weighted by Crippen LogP contribution is -2.57. The van der Waals surface area contributed by atoms with Gasteiger partial charge >= 0.3 is 0 Å². The number of carbonyl (C=O) groups is 7. The predicted molar refractivity (Wildman–Crippen MR) is 259 cm³/mol. The van der Waals surface area contributed by atoms with E-state index in [1.807, 2.05) is 59.7 Å². The van der Waals surface area contributed by atoms with E-state index in [-0.39, 0.29) is 97.1 Å². The van der Waals surface area contributed by atoms with Crippen LogP contribution in [0.2, 0.25) is 0 Å². The van der Waals surface area contributed by atoms with Crippen LogP contribution in [0.5, 0.6) is 0 Å². The Balaban J connectivity index is 0.00000578. The second-order valence-corrected chi connectivity index (χ2v) is 19.1. The van der Waals surface area contributed by atoms with Crippen LogP contribution in [-0.4, -0.2) is 127 Å². The smallest absolute Gasteiger partial charge is 0.251 e. The molecule has 2 aromatic carbocycles. The molecule has 0 radical (unpaired) electrons. The first kappa shape index (κ1) is 55.6. The summed E-state index contributed by atoms with van der Waals surface area (Å²) >= 11 is 0. The summed E-state index contributed by atoms with van der Waals surface area (Å²) < 4.78 is 0. The molecule has 0 bridgehead atoms. The molecular formula is C48H73Cl2N9O7. The van der Waals surface area contributed by atoms with Crippen LogP contribution < -0.4 is 37.2 Å². The first-order valence-electron chi connectivity index (χ1n) is 23.0. The monoisotopic (exact) mass is 958 g/mol. The molecule has 0 saturated carbocycles. The van der Waals surface area contributed by atoms with Crippen molar-refractivity contribution >= 4 is 66.2 Å². The van der Waals surface area contributed by atoms with Gasteiger partial charge < -0.3 is 47.0 Å². The molecule has 7 N–H and O–H groups in total. The van der Waals surface area contributed by atoms with Gasteiger partial charge in [0, 0.05) is 42.8 Å². The number of likely N-dealkylation sites (N-methyl/N-ethyl adjacent to an activating group) is 2. The number of likely N-dealkylation sites (tertiary alicyclic amines) is 2. The number of nitrogens with one attached hydrogen (secondary N) is 7. The third kappa shape index (κ3) is 13.9. The second-order valence-electron chi connectivity index (χ2n) is 19.1. The van der Waals surface area contributed by atoms with Gasteiger partial charge in [-0.25, -0.2) is 0 Å². The van der Waals surface area contributed by atoms with Crippen LogP contribution in [0.4, 0.5) is 0 Å². The molecule has 1 aliphatic carbocycles. The zero-order valence-corrected chi connectivity index (χ0v) is 41.6. The van der Waals surface area contributed by atoms with Gasteiger partial charge in [-0.15, -0.1) is 24.8 Å². The Morgan fingerprint density at radius 1 is 0.758 bits per heavy atom. The highest BCUT2D eigenvalue weighted by Crippen LogP contribution is 2.31. The Labute approximate surface area is 402 Å². The predicted octanol–water partition coefficient (Wildman–Crippen LogP) is 3.42. The number of rotatable bonds is 17. The van der Waals surface area contributed by atoms with Gasteiger partial charge in [-0.3, -0.25) is 33.6 Å². The van der Waals surface area contributed by atoms with Gasteiger partial charge in [0.1, 0.15) is 18.1 Å². The number of aryl methyl sites for hydroxylation is 1. The quantitative estimate of drug-likeness (QED) is 0.124. The van der Waals surface area contributed by atoms with Gasteiger partial charge in [-0.2, -0.15) is 0 Å². The van der Waals surface area contributed by atoms with Crippen LogP contribution in [0.25, 0.3) is 0 Å². The topological polar surface area (TPSA) is 210 Å². The molecule has 2 aliphatic heterocycles. The molecule has 18 heteroatoms. The van der Waals surface area contributed by atoms with Crippen molar-refractivity contribution in [3.8, 4) is 0 Å². The molecule has 8 atom stereocenters. The fraction of sp³-hybridized carbons (Fsp3) is 0.604. The number of nitrogens with zero attached hydrogens (tertiary/aromatic N) is 2. The molecule has 7 amide bonds. The maximum atomic E-state index is 14.3. The fourth-order valence-corrected chi connectivity index (χ4v) is 8.89. The molecule has 0 spiro atoms. The van der Waals surface area contributed by atoms with Crippen molar-refractivity contribution in [2.45, 2.75) is 142 Å². The average Bonchev–Trinajstić information content (AvgIpc) is 3.92. The minimum absolute atomic E-state index is 0. The zero-order chi connectivity index (χ0) is 46.9. The highest BCUT2D eigenvalue weighted by molar-refractivity contribution is 6.00. The highest BCUT2D eigenvalue weighted by Gasteiger charge is 2.44. The van der Waals surface area contributed by atoms with E-state index in [0.29, 0.717) is 19.4 Å². The number of carbonyl (C=O) groups excluding carboxylic acids is 7. The highest BCUT2D eigenvalue weighted by atomic mass is 35.5. The maximum absolute atomic E-state index is 14.3.